The number of alkyl halides is 1. The number of hydrogen-bond acceptors (Lipinski definition) is 5. The summed E-state index contributed by atoms with van der Waals surface area (Å²) in [4.78, 5) is 25.7. The lowest BCUT2D eigenvalue weighted by molar-refractivity contribution is -0.134. The number of benzene rings is 2. The van der Waals surface area contributed by atoms with Crippen LogP contribution in [0.15, 0.2) is 47.1 Å². The van der Waals surface area contributed by atoms with Crippen LogP contribution in [0.2, 0.25) is 5.02 Å². The van der Waals surface area contributed by atoms with Gasteiger partial charge in [-0.2, -0.15) is 0 Å². The Morgan fingerprint density at radius 2 is 1.81 bits per heavy atom. The van der Waals surface area contributed by atoms with Gasteiger partial charge in [-0.15, -0.1) is 0 Å². The summed E-state index contributed by atoms with van der Waals surface area (Å²) < 4.78 is 26.9. The predicted octanol–water partition coefficient (Wildman–Crippen LogP) is 6.95. The maximum atomic E-state index is 15.3. The third-order valence-electron chi connectivity index (χ3n) is 6.05. The lowest BCUT2D eigenvalue weighted by Crippen LogP contribution is -2.19. The number of carbonyl (C=O) groups excluding carboxylic acids is 2. The van der Waals surface area contributed by atoms with Crippen LogP contribution in [0.3, 0.4) is 0 Å². The Morgan fingerprint density at radius 3 is 2.42 bits per heavy atom. The van der Waals surface area contributed by atoms with E-state index >= 15 is 4.39 Å². The van der Waals surface area contributed by atoms with Gasteiger partial charge in [0.25, 0.3) is 5.91 Å². The van der Waals surface area contributed by atoms with Crippen molar-refractivity contribution in [2.24, 2.45) is 0 Å². The quantitative estimate of drug-likeness (QED) is 0.215. The molecule has 36 heavy (non-hydrogen) atoms. The van der Waals surface area contributed by atoms with Crippen LogP contribution in [-0.2, 0) is 15.2 Å². The molecule has 186 valence electrons. The first-order chi connectivity index (χ1) is 16.9. The number of hydrogen-bond donors (Lipinski definition) is 0. The molecule has 0 fully saturated rings. The van der Waals surface area contributed by atoms with E-state index in [1.165, 1.54) is 31.6 Å². The van der Waals surface area contributed by atoms with E-state index in [0.717, 1.165) is 27.6 Å². The van der Waals surface area contributed by atoms with Crippen LogP contribution < -0.4 is 0 Å². The van der Waals surface area contributed by atoms with Crippen molar-refractivity contribution < 1.29 is 23.2 Å². The molecule has 8 heteroatoms. The summed E-state index contributed by atoms with van der Waals surface area (Å²) in [6.45, 7) is 8.22. The SMILES string of the molecule is COC(=O)/C=C/c1cccc2c1c(C)cn2C(=O)c1c(-c2c(C)cc(Cl)cc2C)noc1C(C)(C)F. The first kappa shape index (κ1) is 25.4. The Balaban J connectivity index is 1.96. The molecule has 0 N–H and O–H groups in total. The van der Waals surface area contributed by atoms with Crippen LogP contribution in [0.25, 0.3) is 28.2 Å². The van der Waals surface area contributed by atoms with E-state index in [4.69, 9.17) is 16.1 Å². The fourth-order valence-corrected chi connectivity index (χ4v) is 4.85. The van der Waals surface area contributed by atoms with Crippen molar-refractivity contribution in [2.75, 3.05) is 7.11 Å². The van der Waals surface area contributed by atoms with Crippen molar-refractivity contribution in [3.63, 3.8) is 0 Å². The third kappa shape index (κ3) is 4.46. The van der Waals surface area contributed by atoms with E-state index in [0.29, 0.717) is 16.1 Å². The maximum Gasteiger partial charge on any atom is 0.330 e. The molecule has 2 aromatic heterocycles. The molecule has 4 aromatic rings. The maximum absolute atomic E-state index is 15.3. The Bertz CT molecular complexity index is 1520. The van der Waals surface area contributed by atoms with Gasteiger partial charge in [0.15, 0.2) is 11.4 Å². The molecule has 0 unspecified atom stereocenters. The minimum Gasteiger partial charge on any atom is -0.466 e. The zero-order valence-electron chi connectivity index (χ0n) is 20.9. The summed E-state index contributed by atoms with van der Waals surface area (Å²) >= 11 is 6.21. The zero-order chi connectivity index (χ0) is 26.4. The molecule has 2 heterocycles. The van der Waals surface area contributed by atoms with Crippen LogP contribution in [0.5, 0.6) is 0 Å². The van der Waals surface area contributed by atoms with Gasteiger partial charge < -0.3 is 9.26 Å². The number of halogens is 2. The Kier molecular flexibility index (Phi) is 6.62. The molecular formula is C28H26ClFN2O4. The largest absolute Gasteiger partial charge is 0.466 e. The lowest BCUT2D eigenvalue weighted by atomic mass is 9.93. The normalized spacial score (nSPS) is 12.0. The molecule has 0 spiro atoms. The van der Waals surface area contributed by atoms with Crippen molar-refractivity contribution in [1.82, 2.24) is 9.72 Å². The molecule has 4 rings (SSSR count). The van der Waals surface area contributed by atoms with Crippen LogP contribution >= 0.6 is 11.6 Å². The van der Waals surface area contributed by atoms with Crippen molar-refractivity contribution in [3.8, 4) is 11.3 Å². The van der Waals surface area contributed by atoms with Gasteiger partial charge in [0.05, 0.1) is 12.6 Å². The number of fused-ring (bicyclic) bond motifs is 1. The van der Waals surface area contributed by atoms with Crippen LogP contribution in [0.1, 0.15) is 52.2 Å². The van der Waals surface area contributed by atoms with Gasteiger partial charge in [0.1, 0.15) is 11.3 Å². The number of methoxy groups -OCH3 is 1. The van der Waals surface area contributed by atoms with Gasteiger partial charge in [-0.3, -0.25) is 9.36 Å². The second-order valence-corrected chi connectivity index (χ2v) is 9.64. The zero-order valence-corrected chi connectivity index (χ0v) is 21.7. The van der Waals surface area contributed by atoms with Crippen molar-refractivity contribution in [2.45, 2.75) is 40.3 Å². The molecular weight excluding hydrogens is 483 g/mol. The summed E-state index contributed by atoms with van der Waals surface area (Å²) in [6.07, 6.45) is 4.65. The lowest BCUT2D eigenvalue weighted by Gasteiger charge is -2.14. The third-order valence-corrected chi connectivity index (χ3v) is 6.27. The summed E-state index contributed by atoms with van der Waals surface area (Å²) in [7, 11) is 1.30. The molecule has 0 saturated carbocycles. The minimum absolute atomic E-state index is 0.0448. The first-order valence-corrected chi connectivity index (χ1v) is 11.7. The standard InChI is InChI=1S/C28H26ClFN2O4/c1-15-12-19(29)13-16(2)22(15)25-24(26(36-31-25)28(4,5)30)27(34)32-14-17(3)23-18(8-7-9-20(23)32)10-11-21(33)35-6/h7-14H,1-6H3/b11-10+. The predicted molar refractivity (Wildman–Crippen MR) is 138 cm³/mol. The van der Waals surface area contributed by atoms with Crippen LogP contribution in [0.4, 0.5) is 4.39 Å². The number of aromatic nitrogens is 2. The second kappa shape index (κ2) is 9.39. The molecule has 0 aliphatic carbocycles. The van der Waals surface area contributed by atoms with E-state index in [-0.39, 0.29) is 17.0 Å². The molecule has 0 bridgehead atoms. The highest BCUT2D eigenvalue weighted by molar-refractivity contribution is 6.30. The monoisotopic (exact) mass is 508 g/mol. The Hall–Kier alpha value is -3.71. The van der Waals surface area contributed by atoms with Crippen molar-refractivity contribution in [3.05, 3.63) is 81.2 Å². The molecule has 0 radical (unpaired) electrons. The summed E-state index contributed by atoms with van der Waals surface area (Å²) in [6, 6.07) is 8.95. The summed E-state index contributed by atoms with van der Waals surface area (Å²) in [5.41, 5.74) is 2.72. The highest BCUT2D eigenvalue weighted by Gasteiger charge is 2.36. The molecule has 0 amide bonds. The number of carbonyl (C=O) groups is 2. The van der Waals surface area contributed by atoms with Crippen molar-refractivity contribution in [1.29, 1.82) is 0 Å². The first-order valence-electron chi connectivity index (χ1n) is 11.3. The highest BCUT2D eigenvalue weighted by Crippen LogP contribution is 2.39. The molecule has 0 atom stereocenters. The Morgan fingerprint density at radius 1 is 1.14 bits per heavy atom. The topological polar surface area (TPSA) is 74.3 Å². The molecule has 0 aliphatic heterocycles. The second-order valence-electron chi connectivity index (χ2n) is 9.21. The summed E-state index contributed by atoms with van der Waals surface area (Å²) in [5.74, 6) is -1.12. The van der Waals surface area contributed by atoms with Gasteiger partial charge in [0.2, 0.25) is 0 Å². The minimum atomic E-state index is -1.96. The number of esters is 1. The fraction of sp³-hybridized carbons (Fsp3) is 0.250. The van der Waals surface area contributed by atoms with Gasteiger partial charge in [0, 0.05) is 28.2 Å². The number of ether oxygens (including phenoxy) is 1. The molecule has 6 nitrogen and oxygen atoms in total. The van der Waals surface area contributed by atoms with Gasteiger partial charge in [-0.05, 0) is 81.1 Å². The van der Waals surface area contributed by atoms with Crippen LogP contribution in [0, 0.1) is 20.8 Å². The van der Waals surface area contributed by atoms with E-state index < -0.39 is 17.5 Å². The Labute approximate surface area is 213 Å². The smallest absolute Gasteiger partial charge is 0.330 e. The number of nitrogens with zero attached hydrogens (tertiary/aromatic N) is 2. The molecule has 0 aliphatic rings. The van der Waals surface area contributed by atoms with E-state index in [1.807, 2.05) is 26.8 Å². The molecule has 0 saturated heterocycles. The number of rotatable bonds is 5. The van der Waals surface area contributed by atoms with Gasteiger partial charge >= 0.3 is 5.97 Å². The number of aryl methyl sites for hydroxylation is 3. The average molecular weight is 509 g/mol. The fourth-order valence-electron chi connectivity index (χ4n) is 4.52. The van der Waals surface area contributed by atoms with Crippen molar-refractivity contribution >= 4 is 40.5 Å². The van der Waals surface area contributed by atoms with E-state index in [1.54, 1.807) is 36.5 Å². The average Bonchev–Trinajstić information content (AvgIpc) is 3.38. The van der Waals surface area contributed by atoms with Gasteiger partial charge in [-0.25, -0.2) is 9.18 Å². The molecule has 2 aromatic carbocycles. The highest BCUT2D eigenvalue weighted by atomic mass is 35.5. The van der Waals surface area contributed by atoms with E-state index in [9.17, 15) is 9.59 Å². The van der Waals surface area contributed by atoms with Gasteiger partial charge in [-0.1, -0.05) is 28.9 Å². The van der Waals surface area contributed by atoms with Crippen LogP contribution in [-0.4, -0.2) is 28.7 Å². The summed E-state index contributed by atoms with van der Waals surface area (Å²) in [5, 5.41) is 5.49. The van der Waals surface area contributed by atoms with E-state index in [2.05, 4.69) is 9.89 Å².